The largest absolute Gasteiger partial charge is 0.350 e. The SMILES string of the molecule is Cc1ccccc1-n1c(-c2ccc(Cl)cc2)cc(C(=O)NC(C)C)c1C. The summed E-state index contributed by atoms with van der Waals surface area (Å²) >= 11 is 6.05. The molecule has 0 saturated heterocycles. The Morgan fingerprint density at radius 3 is 2.31 bits per heavy atom. The first kappa shape index (κ1) is 18.3. The Hall–Kier alpha value is -2.52. The van der Waals surface area contributed by atoms with Crippen LogP contribution >= 0.6 is 11.6 Å². The number of nitrogens with zero attached hydrogens (tertiary/aromatic N) is 1. The van der Waals surface area contributed by atoms with Crippen LogP contribution in [-0.4, -0.2) is 16.5 Å². The molecule has 1 aromatic heterocycles. The third kappa shape index (κ3) is 3.54. The molecule has 0 radical (unpaired) electrons. The van der Waals surface area contributed by atoms with Gasteiger partial charge in [-0.15, -0.1) is 0 Å². The summed E-state index contributed by atoms with van der Waals surface area (Å²) in [7, 11) is 0. The summed E-state index contributed by atoms with van der Waals surface area (Å²) in [6.45, 7) is 7.99. The highest BCUT2D eigenvalue weighted by Crippen LogP contribution is 2.31. The van der Waals surface area contributed by atoms with Crippen LogP contribution in [0.2, 0.25) is 5.02 Å². The van der Waals surface area contributed by atoms with Gasteiger partial charge in [-0.1, -0.05) is 41.9 Å². The maximum Gasteiger partial charge on any atom is 0.253 e. The van der Waals surface area contributed by atoms with Gasteiger partial charge in [-0.3, -0.25) is 4.79 Å². The van der Waals surface area contributed by atoms with Gasteiger partial charge in [0.15, 0.2) is 0 Å². The van der Waals surface area contributed by atoms with Crippen LogP contribution in [0.4, 0.5) is 0 Å². The van der Waals surface area contributed by atoms with Gasteiger partial charge in [-0.05, 0) is 63.1 Å². The minimum Gasteiger partial charge on any atom is -0.350 e. The Labute approximate surface area is 159 Å². The van der Waals surface area contributed by atoms with Gasteiger partial charge in [0.25, 0.3) is 5.91 Å². The number of para-hydroxylation sites is 1. The van der Waals surface area contributed by atoms with Crippen LogP contribution in [0.3, 0.4) is 0 Å². The molecule has 2 aromatic carbocycles. The number of rotatable bonds is 4. The molecular weight excluding hydrogens is 344 g/mol. The summed E-state index contributed by atoms with van der Waals surface area (Å²) in [5, 5.41) is 3.69. The summed E-state index contributed by atoms with van der Waals surface area (Å²) in [5.41, 5.74) is 5.82. The Morgan fingerprint density at radius 1 is 1.04 bits per heavy atom. The van der Waals surface area contributed by atoms with Crippen molar-refractivity contribution in [3.63, 3.8) is 0 Å². The molecule has 26 heavy (non-hydrogen) atoms. The van der Waals surface area contributed by atoms with Crippen molar-refractivity contribution in [1.29, 1.82) is 0 Å². The van der Waals surface area contributed by atoms with Gasteiger partial charge in [-0.2, -0.15) is 0 Å². The highest BCUT2D eigenvalue weighted by Gasteiger charge is 2.20. The molecule has 1 amide bonds. The quantitative estimate of drug-likeness (QED) is 0.645. The van der Waals surface area contributed by atoms with E-state index >= 15 is 0 Å². The first-order chi connectivity index (χ1) is 12.4. The van der Waals surface area contributed by atoms with E-state index in [-0.39, 0.29) is 11.9 Å². The van der Waals surface area contributed by atoms with E-state index in [4.69, 9.17) is 11.6 Å². The molecule has 1 N–H and O–H groups in total. The number of aromatic nitrogens is 1. The van der Waals surface area contributed by atoms with Crippen LogP contribution in [0.15, 0.2) is 54.6 Å². The normalized spacial score (nSPS) is 11.0. The summed E-state index contributed by atoms with van der Waals surface area (Å²) < 4.78 is 2.15. The number of benzene rings is 2. The molecule has 0 aliphatic rings. The van der Waals surface area contributed by atoms with Crippen molar-refractivity contribution >= 4 is 17.5 Å². The molecule has 0 saturated carbocycles. The highest BCUT2D eigenvalue weighted by atomic mass is 35.5. The number of hydrogen-bond acceptors (Lipinski definition) is 1. The number of hydrogen-bond donors (Lipinski definition) is 1. The fraction of sp³-hybridized carbons (Fsp3) is 0.227. The van der Waals surface area contributed by atoms with Gasteiger partial charge in [0.2, 0.25) is 0 Å². The lowest BCUT2D eigenvalue weighted by Crippen LogP contribution is -2.30. The van der Waals surface area contributed by atoms with Crippen molar-refractivity contribution in [2.45, 2.75) is 33.7 Å². The molecule has 1 heterocycles. The molecule has 0 unspecified atom stereocenters. The van der Waals surface area contributed by atoms with Crippen molar-refractivity contribution in [2.75, 3.05) is 0 Å². The van der Waals surface area contributed by atoms with E-state index in [0.717, 1.165) is 28.2 Å². The van der Waals surface area contributed by atoms with Gasteiger partial charge >= 0.3 is 0 Å². The fourth-order valence-corrected chi connectivity index (χ4v) is 3.26. The van der Waals surface area contributed by atoms with E-state index < -0.39 is 0 Å². The number of aryl methyl sites for hydroxylation is 1. The third-order valence-electron chi connectivity index (χ3n) is 4.41. The number of carbonyl (C=O) groups is 1. The highest BCUT2D eigenvalue weighted by molar-refractivity contribution is 6.30. The molecule has 0 bridgehead atoms. The Kier molecular flexibility index (Phi) is 5.19. The summed E-state index contributed by atoms with van der Waals surface area (Å²) in [6, 6.07) is 17.9. The summed E-state index contributed by atoms with van der Waals surface area (Å²) in [5.74, 6) is -0.0555. The first-order valence-corrected chi connectivity index (χ1v) is 9.11. The van der Waals surface area contributed by atoms with Crippen LogP contribution in [0.25, 0.3) is 16.9 Å². The Balaban J connectivity index is 2.23. The minimum absolute atomic E-state index is 0.0555. The van der Waals surface area contributed by atoms with E-state index in [9.17, 15) is 4.79 Å². The lowest BCUT2D eigenvalue weighted by atomic mass is 10.1. The average Bonchev–Trinajstić information content (AvgIpc) is 2.93. The average molecular weight is 367 g/mol. The maximum atomic E-state index is 12.7. The zero-order valence-electron chi connectivity index (χ0n) is 15.5. The number of halogens is 1. The second kappa shape index (κ2) is 7.38. The standard InChI is InChI=1S/C22H23ClN2O/c1-14(2)24-22(26)19-13-21(17-9-11-18(23)12-10-17)25(16(19)4)20-8-6-5-7-15(20)3/h5-14H,1-4H3,(H,24,26). The summed E-state index contributed by atoms with van der Waals surface area (Å²) in [6.07, 6.45) is 0. The van der Waals surface area contributed by atoms with Crippen LogP contribution in [-0.2, 0) is 0 Å². The molecule has 134 valence electrons. The first-order valence-electron chi connectivity index (χ1n) is 8.73. The fourth-order valence-electron chi connectivity index (χ4n) is 3.13. The van der Waals surface area contributed by atoms with Gasteiger partial charge in [0.05, 0.1) is 11.3 Å². The van der Waals surface area contributed by atoms with E-state index in [1.165, 1.54) is 0 Å². The lowest BCUT2D eigenvalue weighted by Gasteiger charge is -2.15. The van der Waals surface area contributed by atoms with E-state index in [1.807, 2.05) is 63.2 Å². The Morgan fingerprint density at radius 2 is 1.69 bits per heavy atom. The van der Waals surface area contributed by atoms with Crippen LogP contribution < -0.4 is 5.32 Å². The van der Waals surface area contributed by atoms with Crippen LogP contribution in [0.5, 0.6) is 0 Å². The molecular formula is C22H23ClN2O. The molecule has 0 atom stereocenters. The van der Waals surface area contributed by atoms with Gasteiger partial charge in [0.1, 0.15) is 0 Å². The second-order valence-corrected chi connectivity index (χ2v) is 7.22. The van der Waals surface area contributed by atoms with Gasteiger partial charge in [0, 0.05) is 22.4 Å². The van der Waals surface area contributed by atoms with Crippen LogP contribution in [0.1, 0.15) is 35.5 Å². The van der Waals surface area contributed by atoms with Crippen molar-refractivity contribution in [3.8, 4) is 16.9 Å². The molecule has 3 rings (SSSR count). The van der Waals surface area contributed by atoms with Crippen molar-refractivity contribution in [2.24, 2.45) is 0 Å². The molecule has 0 aliphatic heterocycles. The van der Waals surface area contributed by atoms with Crippen LogP contribution in [0, 0.1) is 13.8 Å². The lowest BCUT2D eigenvalue weighted by molar-refractivity contribution is 0.0942. The zero-order chi connectivity index (χ0) is 18.8. The van der Waals surface area contributed by atoms with Gasteiger partial charge in [-0.25, -0.2) is 0 Å². The molecule has 3 nitrogen and oxygen atoms in total. The Bertz CT molecular complexity index is 939. The third-order valence-corrected chi connectivity index (χ3v) is 4.66. The molecule has 0 fully saturated rings. The number of nitrogens with one attached hydrogen (secondary N) is 1. The van der Waals surface area contributed by atoms with Crippen molar-refractivity contribution < 1.29 is 4.79 Å². The second-order valence-electron chi connectivity index (χ2n) is 6.79. The molecule has 4 heteroatoms. The van der Waals surface area contributed by atoms with E-state index in [1.54, 1.807) is 0 Å². The molecule has 0 aliphatic carbocycles. The number of amides is 1. The van der Waals surface area contributed by atoms with E-state index in [0.29, 0.717) is 10.6 Å². The van der Waals surface area contributed by atoms with Crippen molar-refractivity contribution in [3.05, 3.63) is 76.4 Å². The smallest absolute Gasteiger partial charge is 0.253 e. The number of carbonyl (C=O) groups excluding carboxylic acids is 1. The maximum absolute atomic E-state index is 12.7. The van der Waals surface area contributed by atoms with Gasteiger partial charge < -0.3 is 9.88 Å². The zero-order valence-corrected chi connectivity index (χ0v) is 16.3. The van der Waals surface area contributed by atoms with Crippen molar-refractivity contribution in [1.82, 2.24) is 9.88 Å². The monoisotopic (exact) mass is 366 g/mol. The van der Waals surface area contributed by atoms with E-state index in [2.05, 4.69) is 28.9 Å². The predicted molar refractivity (Wildman–Crippen MR) is 108 cm³/mol. The summed E-state index contributed by atoms with van der Waals surface area (Å²) in [4.78, 5) is 12.7. The molecule has 3 aromatic rings. The minimum atomic E-state index is -0.0555. The predicted octanol–water partition coefficient (Wildman–Crippen LogP) is 5.55. The molecule has 0 spiro atoms. The topological polar surface area (TPSA) is 34.0 Å².